The van der Waals surface area contributed by atoms with Crippen LogP contribution in [0, 0.1) is 6.92 Å². The number of aliphatic hydroxyl groups is 1. The van der Waals surface area contributed by atoms with E-state index in [2.05, 4.69) is 0 Å². The molecule has 38 heavy (non-hydrogen) atoms. The molecule has 4 aromatic rings. The van der Waals surface area contributed by atoms with Gasteiger partial charge in [0.25, 0.3) is 11.7 Å². The molecule has 7 heteroatoms. The monoisotopic (exact) mass is 523 g/mol. The summed E-state index contributed by atoms with van der Waals surface area (Å²) in [5.74, 6) is 0.536. The Morgan fingerprint density at radius 3 is 2.61 bits per heavy atom. The number of Topliss-reactive ketones (excluding diaryl/α,β-unsaturated/α-hetero) is 1. The molecule has 1 fully saturated rings. The molecule has 1 unspecified atom stereocenters. The van der Waals surface area contributed by atoms with Gasteiger partial charge in [0.15, 0.2) is 0 Å². The van der Waals surface area contributed by atoms with Gasteiger partial charge in [-0.1, -0.05) is 18.2 Å². The van der Waals surface area contributed by atoms with E-state index in [9.17, 15) is 14.7 Å². The van der Waals surface area contributed by atoms with Crippen LogP contribution < -0.4 is 14.4 Å². The average Bonchev–Trinajstić information content (AvgIpc) is 3.55. The third-order valence-corrected chi connectivity index (χ3v) is 7.70. The lowest BCUT2D eigenvalue weighted by Crippen LogP contribution is -2.29. The molecule has 1 amide bonds. The summed E-state index contributed by atoms with van der Waals surface area (Å²) in [6, 6.07) is 23.2. The zero-order chi connectivity index (χ0) is 26.2. The average molecular weight is 524 g/mol. The van der Waals surface area contributed by atoms with Gasteiger partial charge in [-0.3, -0.25) is 14.5 Å². The van der Waals surface area contributed by atoms with Crippen molar-refractivity contribution in [1.82, 2.24) is 0 Å². The van der Waals surface area contributed by atoms with E-state index in [1.807, 2.05) is 60.8 Å². The lowest BCUT2D eigenvalue weighted by atomic mass is 9.97. The Labute approximate surface area is 224 Å². The van der Waals surface area contributed by atoms with E-state index in [4.69, 9.17) is 9.47 Å². The summed E-state index contributed by atoms with van der Waals surface area (Å²) in [5, 5.41) is 13.3. The number of hydrogen-bond donors (Lipinski definition) is 1. The molecular weight excluding hydrogens is 498 g/mol. The zero-order valence-corrected chi connectivity index (χ0v) is 21.5. The fourth-order valence-corrected chi connectivity index (χ4v) is 5.79. The van der Waals surface area contributed by atoms with E-state index in [0.717, 1.165) is 34.6 Å². The summed E-state index contributed by atoms with van der Waals surface area (Å²) in [6.07, 6.45) is 1.72. The first-order chi connectivity index (χ1) is 18.5. The standard InChI is InChI=1S/C31H25NO5S/c1-19-5-2-7-24(17-19)37-23-12-10-22(11-13-23)32-28(26-8-4-16-38-26)27(30(34)31(32)35)29(33)21-9-14-25-20(18-21)6-3-15-36-25/h2,4-5,7-14,16-18,28,33H,3,6,15H2,1H3/b29-27-. The van der Waals surface area contributed by atoms with E-state index in [1.54, 1.807) is 30.3 Å². The minimum absolute atomic E-state index is 0.0780. The van der Waals surface area contributed by atoms with Crippen LogP contribution in [0.25, 0.3) is 5.76 Å². The Hall–Kier alpha value is -4.36. The van der Waals surface area contributed by atoms with Crippen molar-refractivity contribution in [3.8, 4) is 17.2 Å². The lowest BCUT2D eigenvalue weighted by Gasteiger charge is -2.24. The Bertz CT molecular complexity index is 1560. The molecule has 2 aliphatic rings. The number of hydrogen-bond acceptors (Lipinski definition) is 6. The van der Waals surface area contributed by atoms with Gasteiger partial charge in [0, 0.05) is 16.1 Å². The summed E-state index contributed by atoms with van der Waals surface area (Å²) in [6.45, 7) is 2.66. The van der Waals surface area contributed by atoms with Crippen molar-refractivity contribution in [2.75, 3.05) is 11.5 Å². The summed E-state index contributed by atoms with van der Waals surface area (Å²) < 4.78 is 11.7. The molecule has 0 bridgehead atoms. The quantitative estimate of drug-likeness (QED) is 0.177. The van der Waals surface area contributed by atoms with Crippen LogP contribution in [0.3, 0.4) is 0 Å². The number of aryl methyl sites for hydroxylation is 2. The van der Waals surface area contributed by atoms with Crippen LogP contribution in [-0.4, -0.2) is 23.4 Å². The zero-order valence-electron chi connectivity index (χ0n) is 20.7. The van der Waals surface area contributed by atoms with Crippen LogP contribution in [0.15, 0.2) is 89.8 Å². The maximum atomic E-state index is 13.4. The molecule has 3 aromatic carbocycles. The second-order valence-electron chi connectivity index (χ2n) is 9.37. The van der Waals surface area contributed by atoms with Crippen molar-refractivity contribution < 1.29 is 24.2 Å². The van der Waals surface area contributed by atoms with Gasteiger partial charge in [-0.15, -0.1) is 11.3 Å². The van der Waals surface area contributed by atoms with E-state index in [0.29, 0.717) is 29.4 Å². The summed E-state index contributed by atoms with van der Waals surface area (Å²) in [4.78, 5) is 29.0. The molecule has 1 saturated heterocycles. The highest BCUT2D eigenvalue weighted by Gasteiger charge is 2.47. The van der Waals surface area contributed by atoms with Gasteiger partial charge in [-0.25, -0.2) is 0 Å². The smallest absolute Gasteiger partial charge is 0.300 e. The maximum absolute atomic E-state index is 13.4. The molecule has 0 aliphatic carbocycles. The maximum Gasteiger partial charge on any atom is 0.300 e. The number of aliphatic hydroxyl groups excluding tert-OH is 1. The topological polar surface area (TPSA) is 76.1 Å². The molecule has 1 N–H and O–H groups in total. The van der Waals surface area contributed by atoms with E-state index in [-0.39, 0.29) is 11.3 Å². The van der Waals surface area contributed by atoms with E-state index >= 15 is 0 Å². The molecular formula is C31H25NO5S. The molecule has 3 heterocycles. The van der Waals surface area contributed by atoms with Gasteiger partial charge in [-0.05, 0) is 96.9 Å². The van der Waals surface area contributed by atoms with Crippen LogP contribution in [0.5, 0.6) is 17.2 Å². The van der Waals surface area contributed by atoms with Crippen LogP contribution >= 0.6 is 11.3 Å². The highest BCUT2D eigenvalue weighted by atomic mass is 32.1. The number of rotatable bonds is 5. The van der Waals surface area contributed by atoms with Crippen molar-refractivity contribution in [2.24, 2.45) is 0 Å². The number of ketones is 1. The van der Waals surface area contributed by atoms with Gasteiger partial charge < -0.3 is 14.6 Å². The number of carbonyl (C=O) groups excluding carboxylic acids is 2. The third-order valence-electron chi connectivity index (χ3n) is 6.78. The molecule has 6 rings (SSSR count). The van der Waals surface area contributed by atoms with Gasteiger partial charge in [-0.2, -0.15) is 0 Å². The van der Waals surface area contributed by atoms with Gasteiger partial charge in [0.2, 0.25) is 0 Å². The van der Waals surface area contributed by atoms with Crippen molar-refractivity contribution in [1.29, 1.82) is 0 Å². The van der Waals surface area contributed by atoms with Crippen LogP contribution in [-0.2, 0) is 16.0 Å². The first-order valence-electron chi connectivity index (χ1n) is 12.4. The molecule has 6 nitrogen and oxygen atoms in total. The number of anilines is 1. The fourth-order valence-electron chi connectivity index (χ4n) is 4.97. The fraction of sp³-hybridized carbons (Fsp3) is 0.161. The van der Waals surface area contributed by atoms with Gasteiger partial charge in [0.05, 0.1) is 12.2 Å². The van der Waals surface area contributed by atoms with Gasteiger partial charge >= 0.3 is 0 Å². The molecule has 0 radical (unpaired) electrons. The number of thiophene rings is 1. The van der Waals surface area contributed by atoms with Crippen LogP contribution in [0.2, 0.25) is 0 Å². The second kappa shape index (κ2) is 9.84. The van der Waals surface area contributed by atoms with Crippen molar-refractivity contribution in [3.05, 3.63) is 111 Å². The highest BCUT2D eigenvalue weighted by molar-refractivity contribution is 7.10. The van der Waals surface area contributed by atoms with Crippen LogP contribution in [0.1, 0.15) is 34.0 Å². The Kier molecular flexibility index (Phi) is 6.21. The highest BCUT2D eigenvalue weighted by Crippen LogP contribution is 2.44. The number of nitrogens with zero attached hydrogens (tertiary/aromatic N) is 1. The third kappa shape index (κ3) is 4.35. The summed E-state index contributed by atoms with van der Waals surface area (Å²) >= 11 is 1.43. The van der Waals surface area contributed by atoms with Crippen molar-refractivity contribution in [2.45, 2.75) is 25.8 Å². The number of ether oxygens (including phenoxy) is 2. The van der Waals surface area contributed by atoms with Gasteiger partial charge in [0.1, 0.15) is 29.0 Å². The first kappa shape index (κ1) is 24.0. The molecule has 0 spiro atoms. The normalized spacial score (nSPS) is 18.2. The minimum Gasteiger partial charge on any atom is -0.507 e. The Morgan fingerprint density at radius 2 is 1.84 bits per heavy atom. The van der Waals surface area contributed by atoms with Crippen molar-refractivity contribution >= 4 is 34.5 Å². The molecule has 0 saturated carbocycles. The van der Waals surface area contributed by atoms with E-state index in [1.165, 1.54) is 16.2 Å². The minimum atomic E-state index is -0.745. The number of amides is 1. The molecule has 2 aliphatic heterocycles. The predicted octanol–water partition coefficient (Wildman–Crippen LogP) is 6.80. The first-order valence-corrected chi connectivity index (χ1v) is 13.3. The number of benzene rings is 3. The SMILES string of the molecule is Cc1cccc(Oc2ccc(N3C(=O)C(=O)/C(=C(\O)c4ccc5c(c4)CCCO5)C3c3cccs3)cc2)c1. The molecule has 1 atom stereocenters. The molecule has 1 aromatic heterocycles. The number of fused-ring (bicyclic) bond motifs is 1. The largest absolute Gasteiger partial charge is 0.507 e. The summed E-state index contributed by atoms with van der Waals surface area (Å²) in [7, 11) is 0. The summed E-state index contributed by atoms with van der Waals surface area (Å²) in [5.41, 5.74) is 3.18. The van der Waals surface area contributed by atoms with Crippen molar-refractivity contribution in [3.63, 3.8) is 0 Å². The van der Waals surface area contributed by atoms with E-state index < -0.39 is 17.7 Å². The Morgan fingerprint density at radius 1 is 1.00 bits per heavy atom. The second-order valence-corrected chi connectivity index (χ2v) is 10.4. The predicted molar refractivity (Wildman–Crippen MR) is 147 cm³/mol. The number of carbonyl (C=O) groups is 2. The Balaban J connectivity index is 1.38. The molecule has 190 valence electrons. The lowest BCUT2D eigenvalue weighted by molar-refractivity contribution is -0.132. The van der Waals surface area contributed by atoms with Crippen LogP contribution in [0.4, 0.5) is 5.69 Å².